The molecule has 0 saturated heterocycles. The zero-order chi connectivity index (χ0) is 20.6. The highest BCUT2D eigenvalue weighted by Crippen LogP contribution is 2.40. The maximum Gasteiger partial charge on any atom is 0.141 e. The quantitative estimate of drug-likeness (QED) is 0.334. The van der Waals surface area contributed by atoms with Crippen LogP contribution in [0.5, 0.6) is 0 Å². The predicted molar refractivity (Wildman–Crippen MR) is 127 cm³/mol. The molecule has 0 radical (unpaired) electrons. The lowest BCUT2D eigenvalue weighted by Crippen LogP contribution is -2.01. The molecule has 0 saturated carbocycles. The van der Waals surface area contributed by atoms with Gasteiger partial charge in [-0.15, -0.1) is 0 Å². The van der Waals surface area contributed by atoms with Crippen molar-refractivity contribution in [2.24, 2.45) is 0 Å². The van der Waals surface area contributed by atoms with Gasteiger partial charge in [-0.3, -0.25) is 0 Å². The second-order valence-corrected chi connectivity index (χ2v) is 8.12. The van der Waals surface area contributed by atoms with Crippen molar-refractivity contribution < 1.29 is 0 Å². The summed E-state index contributed by atoms with van der Waals surface area (Å²) in [6, 6.07) is 31.7. The largest absolute Gasteiger partial charge is 0.322 e. The molecule has 3 aromatic carbocycles. The molecule has 2 aromatic heterocycles. The predicted octanol–water partition coefficient (Wildman–Crippen LogP) is 6.77. The summed E-state index contributed by atoms with van der Waals surface area (Å²) in [4.78, 5) is 10.6. The molecule has 0 bridgehead atoms. The first-order valence-electron chi connectivity index (χ1n) is 11.0. The van der Waals surface area contributed by atoms with Gasteiger partial charge in [-0.05, 0) is 24.8 Å². The molecule has 3 heterocycles. The van der Waals surface area contributed by atoms with Crippen molar-refractivity contribution in [1.29, 1.82) is 0 Å². The molecule has 0 N–H and O–H groups in total. The Morgan fingerprint density at radius 2 is 1.23 bits per heavy atom. The maximum absolute atomic E-state index is 5.28. The maximum atomic E-state index is 5.28. The molecule has 1 aliphatic rings. The van der Waals surface area contributed by atoms with E-state index in [2.05, 4.69) is 95.6 Å². The molecule has 1 aliphatic heterocycles. The Balaban J connectivity index is 1.75. The Kier molecular flexibility index (Phi) is 4.38. The number of benzene rings is 3. The first-order valence-corrected chi connectivity index (χ1v) is 11.0. The minimum Gasteiger partial charge on any atom is -0.322 e. The summed E-state index contributed by atoms with van der Waals surface area (Å²) in [5.41, 5.74) is 9.05. The summed E-state index contributed by atoms with van der Waals surface area (Å²) in [7, 11) is 0. The summed E-state index contributed by atoms with van der Waals surface area (Å²) >= 11 is 0. The van der Waals surface area contributed by atoms with Crippen LogP contribution in [0.1, 0.15) is 18.5 Å². The summed E-state index contributed by atoms with van der Waals surface area (Å²) in [5, 5.41) is 0. The van der Waals surface area contributed by atoms with E-state index in [0.717, 1.165) is 65.1 Å². The zero-order valence-electron chi connectivity index (χ0n) is 17.3. The normalized spacial score (nSPS) is 13.3. The van der Waals surface area contributed by atoms with Gasteiger partial charge in [-0.2, -0.15) is 0 Å². The molecule has 6 rings (SSSR count). The molecule has 0 unspecified atom stereocenters. The molecule has 0 atom stereocenters. The van der Waals surface area contributed by atoms with Gasteiger partial charge < -0.3 is 4.57 Å². The van der Waals surface area contributed by atoms with Crippen molar-refractivity contribution in [3.63, 3.8) is 0 Å². The average Bonchev–Trinajstić information content (AvgIpc) is 3.09. The minimum atomic E-state index is 0.980. The first-order chi connectivity index (χ1) is 15.4. The molecule has 0 spiro atoms. The lowest BCUT2D eigenvalue weighted by molar-refractivity contribution is 0.644. The topological polar surface area (TPSA) is 30.7 Å². The smallest absolute Gasteiger partial charge is 0.141 e. The van der Waals surface area contributed by atoms with E-state index in [1.807, 2.05) is 0 Å². The van der Waals surface area contributed by atoms with Crippen LogP contribution in [0.15, 0.2) is 91.0 Å². The lowest BCUT2D eigenvalue weighted by Gasteiger charge is -2.14. The summed E-state index contributed by atoms with van der Waals surface area (Å²) in [6.07, 6.45) is 3.28. The van der Waals surface area contributed by atoms with Crippen LogP contribution in [0.4, 0.5) is 0 Å². The van der Waals surface area contributed by atoms with Crippen LogP contribution in [0.25, 0.3) is 44.8 Å². The number of nitrogens with zero attached hydrogens (tertiary/aromatic N) is 3. The Bertz CT molecular complexity index is 1350. The summed E-state index contributed by atoms with van der Waals surface area (Å²) in [6.45, 7) is 0.980. The van der Waals surface area contributed by atoms with Gasteiger partial charge in [0.15, 0.2) is 0 Å². The van der Waals surface area contributed by atoms with Gasteiger partial charge in [0, 0.05) is 23.2 Å². The fourth-order valence-corrected chi connectivity index (χ4v) is 4.72. The molecule has 0 amide bonds. The van der Waals surface area contributed by atoms with E-state index in [0.29, 0.717) is 0 Å². The summed E-state index contributed by atoms with van der Waals surface area (Å²) < 4.78 is 2.40. The molecule has 31 heavy (non-hydrogen) atoms. The van der Waals surface area contributed by atoms with Gasteiger partial charge in [0.05, 0.1) is 16.9 Å². The van der Waals surface area contributed by atoms with Crippen LogP contribution in [0.2, 0.25) is 0 Å². The van der Waals surface area contributed by atoms with Crippen molar-refractivity contribution in [2.75, 3.05) is 0 Å². The number of aryl methyl sites for hydroxylation is 2. The molecule has 3 nitrogen and oxygen atoms in total. The number of imidazole rings is 1. The average molecular weight is 402 g/mol. The van der Waals surface area contributed by atoms with E-state index in [4.69, 9.17) is 9.97 Å². The molecule has 0 fully saturated rings. The minimum absolute atomic E-state index is 0.980. The van der Waals surface area contributed by atoms with Crippen LogP contribution < -0.4 is 0 Å². The number of pyridine rings is 1. The molecule has 150 valence electrons. The number of hydrogen-bond acceptors (Lipinski definition) is 2. The van der Waals surface area contributed by atoms with Gasteiger partial charge in [0.2, 0.25) is 0 Å². The first kappa shape index (κ1) is 18.1. The lowest BCUT2D eigenvalue weighted by atomic mass is 9.96. The highest BCUT2D eigenvalue weighted by molar-refractivity contribution is 6.01. The number of rotatable bonds is 3. The van der Waals surface area contributed by atoms with Crippen LogP contribution in [-0.4, -0.2) is 14.5 Å². The third-order valence-electron chi connectivity index (χ3n) is 6.15. The second-order valence-electron chi connectivity index (χ2n) is 8.12. The van der Waals surface area contributed by atoms with Crippen molar-refractivity contribution in [3.8, 4) is 33.8 Å². The fourth-order valence-electron chi connectivity index (χ4n) is 4.72. The highest BCUT2D eigenvalue weighted by Gasteiger charge is 2.25. The summed E-state index contributed by atoms with van der Waals surface area (Å²) in [5.74, 6) is 1.04. The van der Waals surface area contributed by atoms with E-state index in [1.165, 1.54) is 11.2 Å². The highest BCUT2D eigenvalue weighted by atomic mass is 15.1. The standard InChI is InChI=1S/C28H23N3/c1-4-12-20(13-5-1)24-25(21-14-6-2-7-15-21)29-23-18-10-11-19-31-27(23)26(24)30-28(31)22-16-8-3-9-17-22/h1-9,12-17H,10-11,18-19H2. The Morgan fingerprint density at radius 3 is 1.90 bits per heavy atom. The van der Waals surface area contributed by atoms with E-state index in [-0.39, 0.29) is 0 Å². The third-order valence-corrected chi connectivity index (χ3v) is 6.15. The number of hydrogen-bond donors (Lipinski definition) is 0. The zero-order valence-corrected chi connectivity index (χ0v) is 17.3. The molecule has 0 aliphatic carbocycles. The van der Waals surface area contributed by atoms with Crippen molar-refractivity contribution in [2.45, 2.75) is 25.8 Å². The van der Waals surface area contributed by atoms with E-state index < -0.39 is 0 Å². The molecular formula is C28H23N3. The second kappa shape index (κ2) is 7.51. The van der Waals surface area contributed by atoms with Gasteiger partial charge in [0.25, 0.3) is 0 Å². The van der Waals surface area contributed by atoms with Crippen LogP contribution in [-0.2, 0) is 13.0 Å². The van der Waals surface area contributed by atoms with E-state index in [9.17, 15) is 0 Å². The van der Waals surface area contributed by atoms with Crippen molar-refractivity contribution in [1.82, 2.24) is 14.5 Å². The molecular weight excluding hydrogens is 378 g/mol. The molecule has 3 heteroatoms. The molecule has 5 aromatic rings. The van der Waals surface area contributed by atoms with Gasteiger partial charge in [0.1, 0.15) is 11.3 Å². The third kappa shape index (κ3) is 3.05. The van der Waals surface area contributed by atoms with Gasteiger partial charge >= 0.3 is 0 Å². The van der Waals surface area contributed by atoms with Crippen LogP contribution in [0.3, 0.4) is 0 Å². The van der Waals surface area contributed by atoms with E-state index >= 15 is 0 Å². The Hall–Kier alpha value is -3.72. The Labute approximate surface area is 182 Å². The number of aromatic nitrogens is 3. The van der Waals surface area contributed by atoms with Gasteiger partial charge in [-0.1, -0.05) is 91.0 Å². The van der Waals surface area contributed by atoms with Crippen LogP contribution >= 0.6 is 0 Å². The fraction of sp³-hybridized carbons (Fsp3) is 0.143. The van der Waals surface area contributed by atoms with Crippen molar-refractivity contribution >= 4 is 11.0 Å². The van der Waals surface area contributed by atoms with E-state index in [1.54, 1.807) is 0 Å². The monoisotopic (exact) mass is 401 g/mol. The SMILES string of the molecule is c1ccc(-c2nc3c4c(nc(-c5ccccc5)n4CCCC3)c2-c2ccccc2)cc1. The van der Waals surface area contributed by atoms with Crippen molar-refractivity contribution in [3.05, 3.63) is 96.7 Å². The van der Waals surface area contributed by atoms with Crippen LogP contribution in [0, 0.1) is 0 Å². The Morgan fingerprint density at radius 1 is 0.613 bits per heavy atom. The van der Waals surface area contributed by atoms with Gasteiger partial charge in [-0.25, -0.2) is 9.97 Å².